The number of hydrogen-bond donors (Lipinski definition) is 0. The van der Waals surface area contributed by atoms with Crippen LogP contribution in [0, 0.1) is 0 Å². The lowest BCUT2D eigenvalue weighted by Gasteiger charge is -2.48. The Labute approximate surface area is 150 Å². The van der Waals surface area contributed by atoms with Gasteiger partial charge in [0.25, 0.3) is 10.1 Å². The third kappa shape index (κ3) is 4.40. The van der Waals surface area contributed by atoms with E-state index in [1.54, 1.807) is 0 Å². The van der Waals surface area contributed by atoms with Crippen LogP contribution < -0.4 is 0 Å². The molecule has 1 saturated heterocycles. The van der Waals surface area contributed by atoms with E-state index in [1.807, 2.05) is 11.3 Å². The van der Waals surface area contributed by atoms with Crippen molar-refractivity contribution in [2.75, 3.05) is 26.0 Å². The average molecular weight is 372 g/mol. The highest BCUT2D eigenvalue weighted by Crippen LogP contribution is 2.46. The van der Waals surface area contributed by atoms with E-state index < -0.39 is 10.1 Å². The van der Waals surface area contributed by atoms with Crippen LogP contribution in [0.4, 0.5) is 0 Å². The van der Waals surface area contributed by atoms with Gasteiger partial charge in [-0.25, -0.2) is 0 Å². The van der Waals surface area contributed by atoms with Gasteiger partial charge in [-0.1, -0.05) is 25.7 Å². The first-order valence-corrected chi connectivity index (χ1v) is 11.8. The molecule has 0 radical (unpaired) electrons. The molecule has 1 aromatic heterocycles. The first-order chi connectivity index (χ1) is 11.5. The summed E-state index contributed by atoms with van der Waals surface area (Å²) in [6.45, 7) is 2.70. The lowest BCUT2D eigenvalue weighted by molar-refractivity contribution is 0.0332. The molecule has 0 amide bonds. The molecule has 0 unspecified atom stereocenters. The standard InChI is InChI=1S/C18H29NO3S2/c1-24(20,21)22-15-10-16-8-9-17(23-16)18(11-4-2-5-12-18)19-13-6-3-7-14-19/h8-9H,2-7,10-15H2,1H3. The highest BCUT2D eigenvalue weighted by molar-refractivity contribution is 7.85. The minimum atomic E-state index is -3.34. The second-order valence-corrected chi connectivity index (χ2v) is 9.99. The molecular formula is C18H29NO3S2. The van der Waals surface area contributed by atoms with Gasteiger partial charge in [0, 0.05) is 16.2 Å². The Morgan fingerprint density at radius 1 is 1.08 bits per heavy atom. The fourth-order valence-corrected chi connectivity index (χ4v) is 5.88. The van der Waals surface area contributed by atoms with E-state index in [9.17, 15) is 8.42 Å². The van der Waals surface area contributed by atoms with Crippen molar-refractivity contribution < 1.29 is 12.6 Å². The van der Waals surface area contributed by atoms with Gasteiger partial charge >= 0.3 is 0 Å². The second-order valence-electron chi connectivity index (χ2n) is 7.18. The molecule has 1 aliphatic carbocycles. The van der Waals surface area contributed by atoms with E-state index in [-0.39, 0.29) is 12.1 Å². The van der Waals surface area contributed by atoms with Crippen molar-refractivity contribution in [2.45, 2.75) is 63.3 Å². The lowest BCUT2D eigenvalue weighted by Crippen LogP contribution is -2.49. The molecule has 2 heterocycles. The Morgan fingerprint density at radius 2 is 1.75 bits per heavy atom. The largest absolute Gasteiger partial charge is 0.293 e. The van der Waals surface area contributed by atoms with E-state index >= 15 is 0 Å². The molecule has 4 nitrogen and oxygen atoms in total. The van der Waals surface area contributed by atoms with Crippen molar-refractivity contribution in [3.63, 3.8) is 0 Å². The van der Waals surface area contributed by atoms with E-state index in [2.05, 4.69) is 17.0 Å². The summed E-state index contributed by atoms with van der Waals surface area (Å²) in [7, 11) is -3.34. The van der Waals surface area contributed by atoms with Crippen LogP contribution in [0.5, 0.6) is 0 Å². The maximum atomic E-state index is 11.1. The van der Waals surface area contributed by atoms with E-state index in [4.69, 9.17) is 4.18 Å². The van der Waals surface area contributed by atoms with Crippen LogP contribution in [0.25, 0.3) is 0 Å². The molecule has 0 bridgehead atoms. The smallest absolute Gasteiger partial charge is 0.264 e. The van der Waals surface area contributed by atoms with Crippen LogP contribution in [0.1, 0.15) is 61.1 Å². The molecule has 2 aliphatic rings. The minimum absolute atomic E-state index is 0.235. The normalized spacial score (nSPS) is 22.5. The number of hydrogen-bond acceptors (Lipinski definition) is 5. The van der Waals surface area contributed by atoms with Gasteiger partial charge < -0.3 is 0 Å². The Hall–Kier alpha value is -0.430. The number of piperidine rings is 1. The molecule has 2 fully saturated rings. The van der Waals surface area contributed by atoms with E-state index in [0.29, 0.717) is 6.42 Å². The summed E-state index contributed by atoms with van der Waals surface area (Å²) in [5, 5.41) is 0. The summed E-state index contributed by atoms with van der Waals surface area (Å²) in [5.74, 6) is 0. The number of nitrogens with zero attached hydrogens (tertiary/aromatic N) is 1. The van der Waals surface area contributed by atoms with Crippen molar-refractivity contribution in [3.05, 3.63) is 21.9 Å². The zero-order valence-electron chi connectivity index (χ0n) is 14.6. The van der Waals surface area contributed by atoms with Crippen molar-refractivity contribution in [1.82, 2.24) is 4.90 Å². The monoisotopic (exact) mass is 371 g/mol. The van der Waals surface area contributed by atoms with Gasteiger partial charge in [0.05, 0.1) is 18.4 Å². The highest BCUT2D eigenvalue weighted by Gasteiger charge is 2.40. The van der Waals surface area contributed by atoms with Gasteiger partial charge in [-0.05, 0) is 50.9 Å². The fraction of sp³-hybridized carbons (Fsp3) is 0.778. The molecule has 24 heavy (non-hydrogen) atoms. The maximum Gasteiger partial charge on any atom is 0.264 e. The van der Waals surface area contributed by atoms with Crippen molar-refractivity contribution in [3.8, 4) is 0 Å². The van der Waals surface area contributed by atoms with Gasteiger partial charge in [-0.15, -0.1) is 11.3 Å². The van der Waals surface area contributed by atoms with Gasteiger partial charge in [0.15, 0.2) is 0 Å². The van der Waals surface area contributed by atoms with Gasteiger partial charge in [0.1, 0.15) is 0 Å². The van der Waals surface area contributed by atoms with E-state index in [1.165, 1.54) is 74.2 Å². The zero-order chi connectivity index (χ0) is 17.0. The summed E-state index contributed by atoms with van der Waals surface area (Å²) < 4.78 is 27.1. The number of thiophene rings is 1. The van der Waals surface area contributed by atoms with Crippen molar-refractivity contribution in [2.24, 2.45) is 0 Å². The SMILES string of the molecule is CS(=O)(=O)OCCc1ccc(C2(N3CCCCC3)CCCCC2)s1. The van der Waals surface area contributed by atoms with Crippen molar-refractivity contribution in [1.29, 1.82) is 0 Å². The minimum Gasteiger partial charge on any atom is -0.293 e. The molecule has 1 aliphatic heterocycles. The molecule has 136 valence electrons. The predicted molar refractivity (Wildman–Crippen MR) is 99.0 cm³/mol. The van der Waals surface area contributed by atoms with E-state index in [0.717, 1.165) is 6.26 Å². The van der Waals surface area contributed by atoms with Gasteiger partial charge in [-0.3, -0.25) is 9.08 Å². The molecule has 0 atom stereocenters. The molecule has 0 N–H and O–H groups in total. The van der Waals surface area contributed by atoms with Gasteiger partial charge in [-0.2, -0.15) is 8.42 Å². The number of rotatable bonds is 6. The topological polar surface area (TPSA) is 46.6 Å². The summed E-state index contributed by atoms with van der Waals surface area (Å²) in [5.41, 5.74) is 0.235. The van der Waals surface area contributed by atoms with Crippen LogP contribution in [0.2, 0.25) is 0 Å². The quantitative estimate of drug-likeness (QED) is 0.711. The lowest BCUT2D eigenvalue weighted by atomic mass is 9.78. The average Bonchev–Trinajstić information content (AvgIpc) is 3.04. The second kappa shape index (κ2) is 7.85. The Kier molecular flexibility index (Phi) is 6.01. The molecular weight excluding hydrogens is 342 g/mol. The summed E-state index contributed by atoms with van der Waals surface area (Å²) in [4.78, 5) is 5.47. The molecule has 0 aromatic carbocycles. The third-order valence-electron chi connectivity index (χ3n) is 5.41. The first-order valence-electron chi connectivity index (χ1n) is 9.18. The zero-order valence-corrected chi connectivity index (χ0v) is 16.3. The van der Waals surface area contributed by atoms with Crippen LogP contribution in [-0.4, -0.2) is 39.3 Å². The van der Waals surface area contributed by atoms with Crippen LogP contribution in [0.3, 0.4) is 0 Å². The summed E-state index contributed by atoms with van der Waals surface area (Å²) in [6.07, 6.45) is 12.3. The molecule has 6 heteroatoms. The third-order valence-corrected chi connectivity index (χ3v) is 7.34. The van der Waals surface area contributed by atoms with Crippen LogP contribution in [-0.2, 0) is 26.3 Å². The number of likely N-dealkylation sites (tertiary alicyclic amines) is 1. The molecule has 3 rings (SSSR count). The molecule has 0 spiro atoms. The Bertz CT molecular complexity index is 626. The predicted octanol–water partition coefficient (Wildman–Crippen LogP) is 3.91. The van der Waals surface area contributed by atoms with Crippen LogP contribution >= 0.6 is 11.3 Å². The maximum absolute atomic E-state index is 11.1. The summed E-state index contributed by atoms with van der Waals surface area (Å²) >= 11 is 1.87. The Balaban J connectivity index is 1.73. The fourth-order valence-electron chi connectivity index (χ4n) is 4.23. The Morgan fingerprint density at radius 3 is 2.42 bits per heavy atom. The molecule has 1 aromatic rings. The highest BCUT2D eigenvalue weighted by atomic mass is 32.2. The van der Waals surface area contributed by atoms with Crippen molar-refractivity contribution >= 4 is 21.5 Å². The van der Waals surface area contributed by atoms with Crippen LogP contribution in [0.15, 0.2) is 12.1 Å². The van der Waals surface area contributed by atoms with Gasteiger partial charge in [0.2, 0.25) is 0 Å². The summed E-state index contributed by atoms with van der Waals surface area (Å²) in [6, 6.07) is 4.46. The first kappa shape index (κ1) is 18.4. The molecule has 1 saturated carbocycles.